The lowest BCUT2D eigenvalue weighted by Gasteiger charge is -2.33. The molecule has 3 amide bonds. The number of urea groups is 1. The molecule has 1 unspecified atom stereocenters. The first-order valence-corrected chi connectivity index (χ1v) is 9.19. The fraction of sp³-hybridized carbons (Fsp3) is 0.579. The predicted octanol–water partition coefficient (Wildman–Crippen LogP) is 1.63. The average molecular weight is 381 g/mol. The summed E-state index contributed by atoms with van der Waals surface area (Å²) >= 11 is 0. The van der Waals surface area contributed by atoms with Crippen LogP contribution < -0.4 is 10.6 Å². The van der Waals surface area contributed by atoms with Gasteiger partial charge in [-0.2, -0.15) is 0 Å². The van der Waals surface area contributed by atoms with Crippen molar-refractivity contribution in [3.05, 3.63) is 35.4 Å². The van der Waals surface area contributed by atoms with Gasteiger partial charge < -0.3 is 20.4 Å². The molecule has 1 aromatic rings. The summed E-state index contributed by atoms with van der Waals surface area (Å²) in [5, 5.41) is 5.99. The zero-order valence-corrected chi connectivity index (χ0v) is 16.2. The van der Waals surface area contributed by atoms with Gasteiger partial charge in [0.1, 0.15) is 0 Å². The number of rotatable bonds is 4. The summed E-state index contributed by atoms with van der Waals surface area (Å²) in [6.07, 6.45) is 3.06. The van der Waals surface area contributed by atoms with Crippen LogP contribution in [0.2, 0.25) is 0 Å². The lowest BCUT2D eigenvalue weighted by molar-refractivity contribution is -0.131. The van der Waals surface area contributed by atoms with Gasteiger partial charge >= 0.3 is 6.03 Å². The van der Waals surface area contributed by atoms with E-state index in [0.29, 0.717) is 19.0 Å². The second-order valence-corrected chi connectivity index (χ2v) is 7.00. The molecule has 2 aliphatic rings. The van der Waals surface area contributed by atoms with Crippen LogP contribution in [0.5, 0.6) is 0 Å². The first-order chi connectivity index (χ1) is 12.2. The molecule has 0 saturated carbocycles. The Morgan fingerprint density at radius 1 is 1.15 bits per heavy atom. The van der Waals surface area contributed by atoms with E-state index in [2.05, 4.69) is 22.8 Å². The van der Waals surface area contributed by atoms with E-state index in [-0.39, 0.29) is 30.9 Å². The van der Waals surface area contributed by atoms with Crippen LogP contribution in [0.4, 0.5) is 4.79 Å². The van der Waals surface area contributed by atoms with E-state index in [4.69, 9.17) is 0 Å². The number of nitrogens with one attached hydrogen (secondary N) is 2. The molecule has 2 heterocycles. The predicted molar refractivity (Wildman–Crippen MR) is 104 cm³/mol. The van der Waals surface area contributed by atoms with Gasteiger partial charge in [-0.05, 0) is 49.9 Å². The fourth-order valence-corrected chi connectivity index (χ4v) is 3.79. The highest BCUT2D eigenvalue weighted by atomic mass is 35.5. The van der Waals surface area contributed by atoms with Crippen molar-refractivity contribution in [2.24, 2.45) is 5.92 Å². The van der Waals surface area contributed by atoms with E-state index >= 15 is 0 Å². The molecule has 1 atom stereocenters. The molecule has 3 rings (SSSR count). The Kier molecular flexibility index (Phi) is 7.72. The minimum Gasteiger partial charge on any atom is -0.341 e. The number of likely N-dealkylation sites (tertiary alicyclic amines) is 1. The van der Waals surface area contributed by atoms with Crippen LogP contribution in [0.15, 0.2) is 24.3 Å². The molecule has 0 bridgehead atoms. The number of fused-ring (bicyclic) bond motifs is 1. The Morgan fingerprint density at radius 3 is 2.69 bits per heavy atom. The lowest BCUT2D eigenvalue weighted by atomic mass is 9.98. The van der Waals surface area contributed by atoms with Gasteiger partial charge in [-0.1, -0.05) is 24.3 Å². The number of benzene rings is 1. The largest absolute Gasteiger partial charge is 0.341 e. The monoisotopic (exact) mass is 380 g/mol. The normalized spacial score (nSPS) is 19.3. The number of carbonyl (C=O) groups excluding carboxylic acids is 2. The van der Waals surface area contributed by atoms with Crippen LogP contribution in [0, 0.1) is 5.92 Å². The Bertz CT molecular complexity index is 623. The highest BCUT2D eigenvalue weighted by Gasteiger charge is 2.25. The summed E-state index contributed by atoms with van der Waals surface area (Å²) in [5.74, 6) is 0.531. The average Bonchev–Trinajstić information content (AvgIpc) is 2.66. The minimum atomic E-state index is -0.147. The molecular weight excluding hydrogens is 352 g/mol. The van der Waals surface area contributed by atoms with E-state index < -0.39 is 0 Å². The summed E-state index contributed by atoms with van der Waals surface area (Å²) in [7, 11) is 1.94. The van der Waals surface area contributed by atoms with Gasteiger partial charge in [0.25, 0.3) is 0 Å². The summed E-state index contributed by atoms with van der Waals surface area (Å²) in [6, 6.07) is 8.07. The number of hydrogen-bond acceptors (Lipinski definition) is 3. The molecule has 2 aliphatic heterocycles. The molecule has 1 aromatic carbocycles. The summed E-state index contributed by atoms with van der Waals surface area (Å²) in [4.78, 5) is 28.5. The third-order valence-corrected chi connectivity index (χ3v) is 5.17. The Morgan fingerprint density at radius 2 is 1.92 bits per heavy atom. The van der Waals surface area contributed by atoms with E-state index in [1.165, 1.54) is 11.1 Å². The smallest absolute Gasteiger partial charge is 0.318 e. The van der Waals surface area contributed by atoms with E-state index in [1.807, 2.05) is 24.1 Å². The molecule has 1 fully saturated rings. The number of nitrogens with zero attached hydrogens (tertiary/aromatic N) is 2. The van der Waals surface area contributed by atoms with Crippen LogP contribution in [-0.4, -0.2) is 61.5 Å². The topological polar surface area (TPSA) is 64.7 Å². The number of halogens is 1. The first kappa shape index (κ1) is 20.5. The van der Waals surface area contributed by atoms with Crippen molar-refractivity contribution in [3.63, 3.8) is 0 Å². The molecule has 26 heavy (non-hydrogen) atoms. The Balaban J connectivity index is 0.00000243. The van der Waals surface area contributed by atoms with Crippen molar-refractivity contribution in [3.8, 4) is 0 Å². The van der Waals surface area contributed by atoms with Gasteiger partial charge in [-0.3, -0.25) is 4.79 Å². The van der Waals surface area contributed by atoms with Crippen molar-refractivity contribution in [1.29, 1.82) is 0 Å². The maximum atomic E-state index is 12.4. The highest BCUT2D eigenvalue weighted by Crippen LogP contribution is 2.18. The zero-order chi connectivity index (χ0) is 17.6. The van der Waals surface area contributed by atoms with E-state index in [0.717, 1.165) is 38.9 Å². The Labute approximate surface area is 161 Å². The highest BCUT2D eigenvalue weighted by molar-refractivity contribution is 5.85. The van der Waals surface area contributed by atoms with Gasteiger partial charge in [0.05, 0.1) is 6.54 Å². The number of piperidine rings is 1. The van der Waals surface area contributed by atoms with Gasteiger partial charge in [-0.15, -0.1) is 12.4 Å². The van der Waals surface area contributed by atoms with Gasteiger partial charge in [0.15, 0.2) is 0 Å². The molecule has 0 aliphatic carbocycles. The van der Waals surface area contributed by atoms with Crippen molar-refractivity contribution in [2.75, 3.05) is 39.8 Å². The van der Waals surface area contributed by atoms with Crippen LogP contribution >= 0.6 is 12.4 Å². The molecule has 0 aromatic heterocycles. The van der Waals surface area contributed by atoms with Crippen LogP contribution in [0.3, 0.4) is 0 Å². The minimum absolute atomic E-state index is 0. The van der Waals surface area contributed by atoms with Crippen LogP contribution in [0.25, 0.3) is 0 Å². The maximum absolute atomic E-state index is 12.4. The van der Waals surface area contributed by atoms with Crippen LogP contribution in [0.1, 0.15) is 24.0 Å². The Hall–Kier alpha value is -1.79. The zero-order valence-electron chi connectivity index (χ0n) is 15.4. The third kappa shape index (κ3) is 5.11. The summed E-state index contributed by atoms with van der Waals surface area (Å²) in [5.41, 5.74) is 2.51. The lowest BCUT2D eigenvalue weighted by Crippen LogP contribution is -2.49. The molecule has 6 nitrogen and oxygen atoms in total. The van der Waals surface area contributed by atoms with Gasteiger partial charge in [0, 0.05) is 26.2 Å². The molecule has 7 heteroatoms. The fourth-order valence-electron chi connectivity index (χ4n) is 3.79. The maximum Gasteiger partial charge on any atom is 0.318 e. The van der Waals surface area contributed by atoms with E-state index in [9.17, 15) is 9.59 Å². The molecule has 144 valence electrons. The molecule has 0 radical (unpaired) electrons. The summed E-state index contributed by atoms with van der Waals surface area (Å²) < 4.78 is 0. The van der Waals surface area contributed by atoms with Crippen molar-refractivity contribution >= 4 is 24.3 Å². The van der Waals surface area contributed by atoms with Crippen molar-refractivity contribution < 1.29 is 9.59 Å². The second-order valence-electron chi connectivity index (χ2n) is 7.00. The van der Waals surface area contributed by atoms with Gasteiger partial charge in [-0.25, -0.2) is 4.79 Å². The molecule has 2 N–H and O–H groups in total. The van der Waals surface area contributed by atoms with E-state index in [1.54, 1.807) is 4.90 Å². The molecule has 0 spiro atoms. The quantitative estimate of drug-likeness (QED) is 0.834. The SMILES string of the molecule is CNCC1CCCN(C(=O)CNC(=O)N2CCc3ccccc3C2)C1.Cl. The summed E-state index contributed by atoms with van der Waals surface area (Å²) in [6.45, 7) is 3.92. The number of amides is 3. The van der Waals surface area contributed by atoms with Gasteiger partial charge in [0.2, 0.25) is 5.91 Å². The van der Waals surface area contributed by atoms with Crippen molar-refractivity contribution in [2.45, 2.75) is 25.8 Å². The molecular formula is C19H29ClN4O2. The number of hydrogen-bond donors (Lipinski definition) is 2. The van der Waals surface area contributed by atoms with Crippen LogP contribution in [-0.2, 0) is 17.8 Å². The second kappa shape index (κ2) is 9.78. The third-order valence-electron chi connectivity index (χ3n) is 5.17. The number of carbonyl (C=O) groups is 2. The standard InChI is InChI=1S/C19H28N4O2.ClH/c1-20-11-15-5-4-9-22(13-15)18(24)12-21-19(25)23-10-8-16-6-2-3-7-17(16)14-23;/h2-3,6-7,15,20H,4-5,8-14H2,1H3,(H,21,25);1H. The first-order valence-electron chi connectivity index (χ1n) is 9.19. The molecule has 1 saturated heterocycles. The van der Waals surface area contributed by atoms with Crippen molar-refractivity contribution in [1.82, 2.24) is 20.4 Å².